The third-order valence-corrected chi connectivity index (χ3v) is 3.26. The largest absolute Gasteiger partial charge is 0.377 e. The van der Waals surface area contributed by atoms with Gasteiger partial charge in [-0.1, -0.05) is 0 Å². The second-order valence-corrected chi connectivity index (χ2v) is 5.84. The molecule has 0 radical (unpaired) electrons. The molecular weight excluding hydrogens is 226 g/mol. The summed E-state index contributed by atoms with van der Waals surface area (Å²) < 4.78 is 5.52. The minimum absolute atomic E-state index is 0.291. The van der Waals surface area contributed by atoms with E-state index in [1.165, 1.54) is 12.8 Å². The van der Waals surface area contributed by atoms with Gasteiger partial charge in [-0.3, -0.25) is 5.32 Å². The van der Waals surface area contributed by atoms with Gasteiger partial charge in [0, 0.05) is 19.1 Å². The van der Waals surface area contributed by atoms with Crippen LogP contribution in [-0.2, 0) is 4.74 Å². The van der Waals surface area contributed by atoms with E-state index in [4.69, 9.17) is 4.74 Å². The van der Waals surface area contributed by atoms with Crippen molar-refractivity contribution in [3.8, 4) is 6.07 Å². The Labute approximate surface area is 111 Å². The molecule has 0 heterocycles. The first-order chi connectivity index (χ1) is 8.45. The second kappa shape index (κ2) is 7.08. The van der Waals surface area contributed by atoms with Crippen LogP contribution in [0.4, 0.5) is 0 Å². The summed E-state index contributed by atoms with van der Waals surface area (Å²) in [7, 11) is 2.08. The van der Waals surface area contributed by atoms with E-state index in [2.05, 4.69) is 23.3 Å². The molecule has 18 heavy (non-hydrogen) atoms. The molecule has 0 aromatic rings. The van der Waals surface area contributed by atoms with E-state index >= 15 is 0 Å². The Morgan fingerprint density at radius 2 is 2.11 bits per heavy atom. The van der Waals surface area contributed by atoms with E-state index in [1.54, 1.807) is 0 Å². The molecule has 1 unspecified atom stereocenters. The van der Waals surface area contributed by atoms with E-state index in [1.807, 2.05) is 20.8 Å². The maximum Gasteiger partial charge on any atom is 0.105 e. The van der Waals surface area contributed by atoms with Gasteiger partial charge in [0.15, 0.2) is 0 Å². The summed E-state index contributed by atoms with van der Waals surface area (Å²) in [4.78, 5) is 2.23. The summed E-state index contributed by atoms with van der Waals surface area (Å²) in [5.74, 6) is 0. The van der Waals surface area contributed by atoms with Crippen LogP contribution in [-0.4, -0.2) is 49.3 Å². The van der Waals surface area contributed by atoms with Gasteiger partial charge in [-0.15, -0.1) is 0 Å². The van der Waals surface area contributed by atoms with Crippen LogP contribution in [0.25, 0.3) is 0 Å². The van der Waals surface area contributed by atoms with Crippen LogP contribution in [0.1, 0.15) is 40.0 Å². The molecule has 0 aromatic heterocycles. The molecular formula is C14H27N3O. The van der Waals surface area contributed by atoms with Gasteiger partial charge in [0.2, 0.25) is 0 Å². The zero-order valence-electron chi connectivity index (χ0n) is 12.2. The van der Waals surface area contributed by atoms with Gasteiger partial charge in [0.25, 0.3) is 0 Å². The van der Waals surface area contributed by atoms with Gasteiger partial charge in [-0.2, -0.15) is 5.26 Å². The van der Waals surface area contributed by atoms with Crippen molar-refractivity contribution in [2.75, 3.05) is 26.7 Å². The Kier molecular flexibility index (Phi) is 6.07. The first-order valence-corrected chi connectivity index (χ1v) is 6.94. The number of hydrogen-bond donors (Lipinski definition) is 1. The molecule has 1 rings (SSSR count). The molecule has 0 amide bonds. The summed E-state index contributed by atoms with van der Waals surface area (Å²) in [6.45, 7) is 8.70. The summed E-state index contributed by atoms with van der Waals surface area (Å²) in [5, 5.41) is 12.7. The lowest BCUT2D eigenvalue weighted by molar-refractivity contribution is 0.0628. The Morgan fingerprint density at radius 1 is 1.44 bits per heavy atom. The molecule has 1 atom stereocenters. The average molecular weight is 253 g/mol. The van der Waals surface area contributed by atoms with E-state index in [0.717, 1.165) is 26.1 Å². The van der Waals surface area contributed by atoms with E-state index < -0.39 is 0 Å². The molecule has 1 saturated carbocycles. The lowest BCUT2D eigenvalue weighted by Gasteiger charge is -2.26. The van der Waals surface area contributed by atoms with Crippen molar-refractivity contribution in [2.45, 2.75) is 57.7 Å². The van der Waals surface area contributed by atoms with Crippen molar-refractivity contribution in [3.05, 3.63) is 0 Å². The average Bonchev–Trinajstić information content (AvgIpc) is 3.10. The van der Waals surface area contributed by atoms with Gasteiger partial charge >= 0.3 is 0 Å². The highest BCUT2D eigenvalue weighted by molar-refractivity contribution is 5.07. The minimum atomic E-state index is -0.381. The van der Waals surface area contributed by atoms with Crippen molar-refractivity contribution in [1.82, 2.24) is 10.2 Å². The van der Waals surface area contributed by atoms with Gasteiger partial charge in [0.05, 0.1) is 18.8 Å². The molecule has 0 saturated heterocycles. The topological polar surface area (TPSA) is 48.3 Å². The van der Waals surface area contributed by atoms with Gasteiger partial charge in [0.1, 0.15) is 5.54 Å². The van der Waals surface area contributed by atoms with Gasteiger partial charge in [-0.05, 0) is 47.1 Å². The highest BCUT2D eigenvalue weighted by atomic mass is 16.5. The SMILES string of the molecule is CC(C)OCCN(C)CCC(C)(C#N)NC1CC1. The number of likely N-dealkylation sites (N-methyl/N-ethyl adjacent to an activating group) is 1. The summed E-state index contributed by atoms with van der Waals surface area (Å²) in [5.41, 5.74) is -0.381. The Morgan fingerprint density at radius 3 is 2.61 bits per heavy atom. The molecule has 4 nitrogen and oxygen atoms in total. The van der Waals surface area contributed by atoms with Crippen LogP contribution in [0.15, 0.2) is 0 Å². The lowest BCUT2D eigenvalue weighted by atomic mass is 9.99. The maximum atomic E-state index is 9.27. The van der Waals surface area contributed by atoms with Crippen molar-refractivity contribution in [3.63, 3.8) is 0 Å². The Balaban J connectivity index is 2.18. The number of hydrogen-bond acceptors (Lipinski definition) is 4. The Bertz CT molecular complexity index is 283. The fourth-order valence-electron chi connectivity index (χ4n) is 1.81. The number of ether oxygens (including phenoxy) is 1. The molecule has 0 bridgehead atoms. The number of nitriles is 1. The molecule has 1 aliphatic rings. The van der Waals surface area contributed by atoms with Crippen LogP contribution >= 0.6 is 0 Å². The molecule has 0 aliphatic heterocycles. The van der Waals surface area contributed by atoms with Gasteiger partial charge in [-0.25, -0.2) is 0 Å². The van der Waals surface area contributed by atoms with Gasteiger partial charge < -0.3 is 9.64 Å². The van der Waals surface area contributed by atoms with Crippen LogP contribution in [0.5, 0.6) is 0 Å². The first-order valence-electron chi connectivity index (χ1n) is 6.94. The monoisotopic (exact) mass is 253 g/mol. The zero-order chi connectivity index (χ0) is 13.6. The second-order valence-electron chi connectivity index (χ2n) is 5.84. The highest BCUT2D eigenvalue weighted by Gasteiger charge is 2.32. The molecule has 1 aliphatic carbocycles. The predicted octanol–water partition coefficient (Wildman–Crippen LogP) is 1.77. The first kappa shape index (κ1) is 15.4. The van der Waals surface area contributed by atoms with Crippen LogP contribution in [0.2, 0.25) is 0 Å². The van der Waals surface area contributed by atoms with Crippen molar-refractivity contribution < 1.29 is 4.74 Å². The normalized spacial score (nSPS) is 18.9. The summed E-state index contributed by atoms with van der Waals surface area (Å²) in [6, 6.07) is 2.98. The fourth-order valence-corrected chi connectivity index (χ4v) is 1.81. The third kappa shape index (κ3) is 6.34. The van der Waals surface area contributed by atoms with Crippen molar-refractivity contribution in [1.29, 1.82) is 5.26 Å². The number of nitrogens with zero attached hydrogens (tertiary/aromatic N) is 2. The maximum absolute atomic E-state index is 9.27. The van der Waals surface area contributed by atoms with Crippen LogP contribution in [0.3, 0.4) is 0 Å². The molecule has 104 valence electrons. The Hall–Kier alpha value is -0.630. The lowest BCUT2D eigenvalue weighted by Crippen LogP contribution is -2.44. The molecule has 1 fully saturated rings. The van der Waals surface area contributed by atoms with Crippen molar-refractivity contribution >= 4 is 0 Å². The quantitative estimate of drug-likeness (QED) is 0.680. The number of nitrogens with one attached hydrogen (secondary N) is 1. The highest BCUT2D eigenvalue weighted by Crippen LogP contribution is 2.23. The summed E-state index contributed by atoms with van der Waals surface area (Å²) in [6.07, 6.45) is 3.59. The van der Waals surface area contributed by atoms with E-state index in [-0.39, 0.29) is 5.54 Å². The minimum Gasteiger partial charge on any atom is -0.377 e. The molecule has 0 aromatic carbocycles. The smallest absolute Gasteiger partial charge is 0.105 e. The molecule has 1 N–H and O–H groups in total. The standard InChI is InChI=1S/C14H27N3O/c1-12(2)18-10-9-17(4)8-7-14(3,11-15)16-13-5-6-13/h12-13,16H,5-10H2,1-4H3. The zero-order valence-corrected chi connectivity index (χ0v) is 12.2. The van der Waals surface area contributed by atoms with Crippen LogP contribution in [0, 0.1) is 11.3 Å². The molecule has 0 spiro atoms. The third-order valence-electron chi connectivity index (χ3n) is 3.26. The summed E-state index contributed by atoms with van der Waals surface area (Å²) >= 11 is 0. The van der Waals surface area contributed by atoms with E-state index in [0.29, 0.717) is 12.1 Å². The van der Waals surface area contributed by atoms with Crippen LogP contribution < -0.4 is 5.32 Å². The van der Waals surface area contributed by atoms with E-state index in [9.17, 15) is 5.26 Å². The predicted molar refractivity (Wildman–Crippen MR) is 73.4 cm³/mol. The fraction of sp³-hybridized carbons (Fsp3) is 0.929. The molecule has 4 heteroatoms. The van der Waals surface area contributed by atoms with Crippen molar-refractivity contribution in [2.24, 2.45) is 0 Å². The number of rotatable bonds is 9.